The molecule has 2 saturated carbocycles. The van der Waals surface area contributed by atoms with E-state index in [1.54, 1.807) is 6.08 Å². The first-order valence-electron chi connectivity index (χ1n) is 14.5. The molecule has 0 aromatic carbocycles. The monoisotopic (exact) mass is 509 g/mol. The molecule has 0 N–H and O–H groups in total. The largest absolute Gasteiger partial charge is 0.465 e. The lowest BCUT2D eigenvalue weighted by Crippen LogP contribution is -2.78. The topological polar surface area (TPSA) is 82.1 Å². The number of rotatable bonds is 0. The van der Waals surface area contributed by atoms with E-state index in [1.807, 2.05) is 13.8 Å². The highest BCUT2D eigenvalue weighted by Crippen LogP contribution is 2.80. The van der Waals surface area contributed by atoms with Gasteiger partial charge in [0.25, 0.3) is 0 Å². The third-order valence-electron chi connectivity index (χ3n) is 12.9. The molecular weight excluding hydrogens is 470 g/mol. The van der Waals surface area contributed by atoms with Crippen LogP contribution in [-0.4, -0.2) is 59.7 Å². The molecule has 5 saturated heterocycles. The molecule has 7 fully saturated rings. The van der Waals surface area contributed by atoms with Gasteiger partial charge in [-0.05, 0) is 63.4 Å². The van der Waals surface area contributed by atoms with Crippen molar-refractivity contribution in [3.8, 4) is 0 Å². The van der Waals surface area contributed by atoms with Crippen LogP contribution in [0.5, 0.6) is 0 Å². The third kappa shape index (κ3) is 2.38. The quantitative estimate of drug-likeness (QED) is 0.461. The van der Waals surface area contributed by atoms with Crippen molar-refractivity contribution in [1.82, 2.24) is 4.90 Å². The molecule has 4 bridgehead atoms. The summed E-state index contributed by atoms with van der Waals surface area (Å²) in [4.78, 5) is 43.5. The van der Waals surface area contributed by atoms with E-state index < -0.39 is 22.0 Å². The minimum atomic E-state index is -0.628. The van der Waals surface area contributed by atoms with Gasteiger partial charge >= 0.3 is 5.97 Å². The van der Waals surface area contributed by atoms with Crippen molar-refractivity contribution in [1.29, 1.82) is 0 Å². The normalized spacial score (nSPS) is 57.9. The minimum Gasteiger partial charge on any atom is -0.465 e. The highest BCUT2D eigenvalue weighted by Gasteiger charge is 2.85. The van der Waals surface area contributed by atoms with E-state index in [9.17, 15) is 14.4 Å². The van der Waals surface area contributed by atoms with Gasteiger partial charge in [-0.15, -0.1) is 0 Å². The van der Waals surface area contributed by atoms with Crippen molar-refractivity contribution in [2.75, 3.05) is 19.8 Å². The predicted octanol–water partition coefficient (Wildman–Crippen LogP) is 3.65. The zero-order valence-corrected chi connectivity index (χ0v) is 22.5. The molecule has 7 nitrogen and oxygen atoms in total. The lowest BCUT2D eigenvalue weighted by Gasteiger charge is -2.71. The Labute approximate surface area is 218 Å². The molecular formula is C30H39NO6. The summed E-state index contributed by atoms with van der Waals surface area (Å²) in [5.41, 5.74) is -1.41. The number of Topliss-reactive ketones (excluding diaryl/α,β-unsaturated/α-hetero) is 1. The zero-order valence-electron chi connectivity index (χ0n) is 22.5. The smallest absolute Gasteiger partial charge is 0.306 e. The molecule has 0 aromatic rings. The van der Waals surface area contributed by atoms with Crippen LogP contribution in [0.1, 0.15) is 72.6 Å². The number of carbonyl (C=O) groups excluding carboxylic acids is 3. The maximum atomic E-state index is 14.5. The van der Waals surface area contributed by atoms with E-state index in [0.717, 1.165) is 50.6 Å². The van der Waals surface area contributed by atoms with E-state index in [2.05, 4.69) is 18.7 Å². The van der Waals surface area contributed by atoms with Crippen LogP contribution in [0.3, 0.4) is 0 Å². The molecule has 7 heteroatoms. The SMILES string of the molecule is CC1=CC(=O)[C@@H]2[C@@H](C1)[C@]13CO[C@@]4(C1)N1C[C@H]5C[C@H](C)C[C@]1(CC[C@@]4(C)C1(COC(=O)C1)[C@H]3C(=O)[C@@H]2C)O5. The maximum Gasteiger partial charge on any atom is 0.306 e. The van der Waals surface area contributed by atoms with Crippen LogP contribution in [0.25, 0.3) is 0 Å². The van der Waals surface area contributed by atoms with Crippen molar-refractivity contribution < 1.29 is 28.6 Å². The minimum absolute atomic E-state index is 0.0406. The molecule has 0 amide bonds. The summed E-state index contributed by atoms with van der Waals surface area (Å²) in [6.45, 7) is 10.2. The second kappa shape index (κ2) is 6.76. The van der Waals surface area contributed by atoms with Crippen molar-refractivity contribution in [3.05, 3.63) is 11.6 Å². The third-order valence-corrected chi connectivity index (χ3v) is 12.9. The summed E-state index contributed by atoms with van der Waals surface area (Å²) < 4.78 is 19.8. The number of carbonyl (C=O) groups is 3. The van der Waals surface area contributed by atoms with Crippen molar-refractivity contribution in [2.24, 2.45) is 45.8 Å². The Balaban J connectivity index is 1.37. The van der Waals surface area contributed by atoms with E-state index in [-0.39, 0.29) is 66.1 Å². The summed E-state index contributed by atoms with van der Waals surface area (Å²) >= 11 is 0. The highest BCUT2D eigenvalue weighted by molar-refractivity contribution is 6.00. The van der Waals surface area contributed by atoms with E-state index in [0.29, 0.717) is 12.5 Å². The van der Waals surface area contributed by atoms with Gasteiger partial charge in [0.1, 0.15) is 17.2 Å². The Morgan fingerprint density at radius 3 is 2.68 bits per heavy atom. The van der Waals surface area contributed by atoms with Crippen molar-refractivity contribution in [2.45, 2.75) is 90.2 Å². The number of hydrogen-bond acceptors (Lipinski definition) is 7. The molecule has 5 aliphatic heterocycles. The number of ketones is 2. The molecule has 200 valence electrons. The summed E-state index contributed by atoms with van der Waals surface area (Å²) in [5.74, 6) is -0.311. The van der Waals surface area contributed by atoms with Gasteiger partial charge < -0.3 is 14.2 Å². The van der Waals surface area contributed by atoms with Gasteiger partial charge in [0.2, 0.25) is 0 Å². The van der Waals surface area contributed by atoms with E-state index in [4.69, 9.17) is 14.2 Å². The number of allylic oxidation sites excluding steroid dienone is 2. The highest BCUT2D eigenvalue weighted by atomic mass is 16.6. The Kier molecular flexibility index (Phi) is 4.26. The van der Waals surface area contributed by atoms with Crippen LogP contribution in [0.15, 0.2) is 11.6 Å². The van der Waals surface area contributed by atoms with Crippen LogP contribution in [0, 0.1) is 45.8 Å². The average Bonchev–Trinajstić information content (AvgIpc) is 3.48. The number of nitrogens with zero attached hydrogens (tertiary/aromatic N) is 1. The number of esters is 1. The van der Waals surface area contributed by atoms with Gasteiger partial charge in [-0.1, -0.05) is 26.3 Å². The van der Waals surface area contributed by atoms with Crippen LogP contribution in [-0.2, 0) is 28.6 Å². The van der Waals surface area contributed by atoms with Gasteiger partial charge in [-0.2, -0.15) is 0 Å². The van der Waals surface area contributed by atoms with E-state index >= 15 is 0 Å². The standard InChI is InChI=1S/C30H39NO6/c1-16-8-20-23(21(32)9-16)18(3)24(34)25-27(20)13-30(36-14-27)26(4,28(25)11-22(33)35-15-28)5-6-29-10-17(2)7-19(37-29)12-31(29)30/h9,17-20,23,25H,5-8,10-15H2,1-4H3/t17-,18+,19+,20+,23-,25-,26-,27+,28?,29-,30+/m0/s1. The maximum absolute atomic E-state index is 14.5. The second-order valence-electron chi connectivity index (χ2n) is 14.5. The first-order chi connectivity index (χ1) is 17.5. The molecule has 11 atom stereocenters. The molecule has 37 heavy (non-hydrogen) atoms. The summed E-state index contributed by atoms with van der Waals surface area (Å²) in [6.07, 6.45) is 7.57. The lowest BCUT2D eigenvalue weighted by atomic mass is 9.34. The Hall–Kier alpha value is -1.57. The van der Waals surface area contributed by atoms with Crippen molar-refractivity contribution in [3.63, 3.8) is 0 Å². The van der Waals surface area contributed by atoms with Crippen LogP contribution >= 0.6 is 0 Å². The first-order valence-corrected chi connectivity index (χ1v) is 14.5. The summed E-state index contributed by atoms with van der Waals surface area (Å²) in [5, 5.41) is 0. The zero-order chi connectivity index (χ0) is 25.8. The fourth-order valence-corrected chi connectivity index (χ4v) is 11.7. The molecule has 5 heterocycles. The molecule has 0 aromatic heterocycles. The van der Waals surface area contributed by atoms with Gasteiger partial charge in [0, 0.05) is 40.5 Å². The Bertz CT molecular complexity index is 1180. The Morgan fingerprint density at radius 1 is 1.11 bits per heavy atom. The molecule has 1 unspecified atom stereocenters. The number of piperidine rings is 1. The molecule has 0 radical (unpaired) electrons. The number of hydrogen-bond donors (Lipinski definition) is 0. The average molecular weight is 510 g/mol. The lowest BCUT2D eigenvalue weighted by molar-refractivity contribution is -0.334. The van der Waals surface area contributed by atoms with Crippen molar-refractivity contribution >= 4 is 17.5 Å². The molecule has 8 rings (SSSR count). The van der Waals surface area contributed by atoms with Gasteiger partial charge in [-0.3, -0.25) is 14.4 Å². The molecule has 3 aliphatic carbocycles. The van der Waals surface area contributed by atoms with Crippen LogP contribution in [0.4, 0.5) is 0 Å². The van der Waals surface area contributed by atoms with Gasteiger partial charge in [0.15, 0.2) is 5.78 Å². The van der Waals surface area contributed by atoms with Crippen LogP contribution in [0.2, 0.25) is 0 Å². The van der Waals surface area contributed by atoms with Crippen LogP contribution < -0.4 is 0 Å². The fourth-order valence-electron chi connectivity index (χ4n) is 11.7. The Morgan fingerprint density at radius 2 is 1.92 bits per heavy atom. The van der Waals surface area contributed by atoms with Gasteiger partial charge in [-0.25, -0.2) is 4.90 Å². The molecule has 4 spiro atoms. The second-order valence-corrected chi connectivity index (χ2v) is 14.5. The number of ether oxygens (including phenoxy) is 3. The predicted molar refractivity (Wildman–Crippen MR) is 132 cm³/mol. The summed E-state index contributed by atoms with van der Waals surface area (Å²) in [6, 6.07) is 0. The summed E-state index contributed by atoms with van der Waals surface area (Å²) in [7, 11) is 0. The fraction of sp³-hybridized carbons (Fsp3) is 0.833. The number of fused-ring (bicyclic) bond motifs is 4. The van der Waals surface area contributed by atoms with E-state index in [1.165, 1.54) is 0 Å². The first kappa shape index (κ1) is 23.3. The van der Waals surface area contributed by atoms with Gasteiger partial charge in [0.05, 0.1) is 25.7 Å². The molecule has 8 aliphatic rings. The number of cyclic esters (lactones) is 1.